The highest BCUT2D eigenvalue weighted by Gasteiger charge is 2.45. The first kappa shape index (κ1) is 15.7. The molecule has 1 unspecified atom stereocenters. The van der Waals surface area contributed by atoms with Crippen LogP contribution in [-0.2, 0) is 14.3 Å². The summed E-state index contributed by atoms with van der Waals surface area (Å²) in [5.41, 5.74) is 0. The zero-order chi connectivity index (χ0) is 14.5. The number of carbonyl (C=O) groups excluding carboxylic acids is 2. The van der Waals surface area contributed by atoms with E-state index in [1.165, 1.54) is 0 Å². The van der Waals surface area contributed by atoms with Crippen LogP contribution in [0.5, 0.6) is 0 Å². The Morgan fingerprint density at radius 2 is 2.11 bits per heavy atom. The Morgan fingerprint density at radius 3 is 2.68 bits per heavy atom. The molecule has 0 bridgehead atoms. The van der Waals surface area contributed by atoms with Crippen molar-refractivity contribution in [3.8, 4) is 0 Å². The molecule has 5 nitrogen and oxygen atoms in total. The fraction of sp³-hybridized carbons (Fsp3) is 0.833. The van der Waals surface area contributed by atoms with Gasteiger partial charge in [0, 0.05) is 13.0 Å². The fourth-order valence-electron chi connectivity index (χ4n) is 1.96. The van der Waals surface area contributed by atoms with Crippen molar-refractivity contribution >= 4 is 12.1 Å². The van der Waals surface area contributed by atoms with E-state index in [-0.39, 0.29) is 13.2 Å². The largest absolute Gasteiger partial charge is 0.469 e. The number of methoxy groups -OCH3 is 1. The quantitative estimate of drug-likeness (QED) is 0.584. The van der Waals surface area contributed by atoms with Crippen LogP contribution in [0.3, 0.4) is 0 Å². The number of ether oxygens (including phenoxy) is 2. The van der Waals surface area contributed by atoms with Gasteiger partial charge in [0.1, 0.15) is 0 Å². The number of rotatable bonds is 4. The lowest BCUT2D eigenvalue weighted by molar-refractivity contribution is -0.155. The monoisotopic (exact) mass is 279 g/mol. The Balaban J connectivity index is 2.62. The molecular weight excluding hydrogens is 260 g/mol. The fourth-order valence-corrected chi connectivity index (χ4v) is 1.96. The first-order chi connectivity index (χ1) is 8.89. The molecule has 1 atom stereocenters. The van der Waals surface area contributed by atoms with Crippen LogP contribution in [0.15, 0.2) is 0 Å². The standard InChI is InChI=1S/C12H19F2NO4/c1-3-4-5-19-11(17)15-7-9(10(16)18-2)6-12(13,14)8-15/h9H,3-8H2,1-2H3. The molecule has 7 heteroatoms. The summed E-state index contributed by atoms with van der Waals surface area (Å²) in [4.78, 5) is 23.9. The lowest BCUT2D eigenvalue weighted by atomic mass is 9.95. The maximum atomic E-state index is 13.5. The lowest BCUT2D eigenvalue weighted by Crippen LogP contribution is -2.51. The van der Waals surface area contributed by atoms with E-state index in [0.29, 0.717) is 6.42 Å². The van der Waals surface area contributed by atoms with Crippen molar-refractivity contribution in [2.75, 3.05) is 26.8 Å². The second-order valence-electron chi connectivity index (χ2n) is 4.63. The van der Waals surface area contributed by atoms with Crippen LogP contribution in [0.2, 0.25) is 0 Å². The molecule has 0 radical (unpaired) electrons. The van der Waals surface area contributed by atoms with E-state index in [1.54, 1.807) is 0 Å². The predicted molar refractivity (Wildman–Crippen MR) is 62.9 cm³/mol. The number of esters is 1. The zero-order valence-corrected chi connectivity index (χ0v) is 11.2. The molecule has 0 spiro atoms. The summed E-state index contributed by atoms with van der Waals surface area (Å²) in [6.07, 6.45) is 0.116. The molecule has 1 saturated heterocycles. The van der Waals surface area contributed by atoms with Crippen LogP contribution in [0.4, 0.5) is 13.6 Å². The van der Waals surface area contributed by atoms with Gasteiger partial charge in [-0.05, 0) is 6.42 Å². The van der Waals surface area contributed by atoms with Gasteiger partial charge in [0.05, 0.1) is 26.2 Å². The number of likely N-dealkylation sites (tertiary alicyclic amines) is 1. The molecule has 19 heavy (non-hydrogen) atoms. The van der Waals surface area contributed by atoms with Crippen molar-refractivity contribution in [2.24, 2.45) is 5.92 Å². The van der Waals surface area contributed by atoms with E-state index in [9.17, 15) is 18.4 Å². The predicted octanol–water partition coefficient (Wildman–Crippen LogP) is 2.05. The van der Waals surface area contributed by atoms with Crippen molar-refractivity contribution < 1.29 is 27.8 Å². The average Bonchev–Trinajstić information content (AvgIpc) is 2.36. The van der Waals surface area contributed by atoms with Gasteiger partial charge < -0.3 is 14.4 Å². The number of piperidine rings is 1. The molecule has 1 aliphatic rings. The number of hydrogen-bond acceptors (Lipinski definition) is 4. The third kappa shape index (κ3) is 4.65. The van der Waals surface area contributed by atoms with Crippen molar-refractivity contribution in [3.63, 3.8) is 0 Å². The van der Waals surface area contributed by atoms with Crippen LogP contribution in [0.1, 0.15) is 26.2 Å². The topological polar surface area (TPSA) is 55.8 Å². The minimum absolute atomic E-state index is 0.0901. The summed E-state index contributed by atoms with van der Waals surface area (Å²) < 4.78 is 36.3. The summed E-state index contributed by atoms with van der Waals surface area (Å²) in [6.45, 7) is 1.31. The molecule has 0 aromatic heterocycles. The van der Waals surface area contributed by atoms with E-state index in [4.69, 9.17) is 4.74 Å². The highest BCUT2D eigenvalue weighted by Crippen LogP contribution is 2.31. The van der Waals surface area contributed by atoms with Crippen molar-refractivity contribution in [1.82, 2.24) is 4.90 Å². The first-order valence-corrected chi connectivity index (χ1v) is 6.27. The van der Waals surface area contributed by atoms with E-state index < -0.39 is 36.9 Å². The third-order valence-electron chi connectivity index (χ3n) is 2.92. The van der Waals surface area contributed by atoms with Gasteiger partial charge in [-0.25, -0.2) is 13.6 Å². The van der Waals surface area contributed by atoms with E-state index in [1.807, 2.05) is 6.92 Å². The molecule has 0 aromatic carbocycles. The SMILES string of the molecule is CCCCOC(=O)N1CC(C(=O)OC)CC(F)(F)C1. The van der Waals surface area contributed by atoms with Gasteiger partial charge in [-0.1, -0.05) is 13.3 Å². The average molecular weight is 279 g/mol. The van der Waals surface area contributed by atoms with Gasteiger partial charge in [0.25, 0.3) is 5.92 Å². The number of halogens is 2. The maximum absolute atomic E-state index is 13.5. The van der Waals surface area contributed by atoms with Gasteiger partial charge >= 0.3 is 12.1 Å². The minimum atomic E-state index is -3.10. The number of carbonyl (C=O) groups is 2. The summed E-state index contributed by atoms with van der Waals surface area (Å²) >= 11 is 0. The molecule has 0 N–H and O–H groups in total. The van der Waals surface area contributed by atoms with Crippen LogP contribution < -0.4 is 0 Å². The van der Waals surface area contributed by atoms with Gasteiger partial charge in [-0.3, -0.25) is 4.79 Å². The van der Waals surface area contributed by atoms with Crippen molar-refractivity contribution in [1.29, 1.82) is 0 Å². The Bertz CT molecular complexity index is 336. The Labute approximate surface area is 110 Å². The van der Waals surface area contributed by atoms with Crippen molar-refractivity contribution in [2.45, 2.75) is 32.1 Å². The molecule has 1 aliphatic heterocycles. The van der Waals surface area contributed by atoms with E-state index in [2.05, 4.69) is 4.74 Å². The lowest BCUT2D eigenvalue weighted by Gasteiger charge is -2.35. The Hall–Kier alpha value is -1.40. The highest BCUT2D eigenvalue weighted by atomic mass is 19.3. The Kier molecular flexibility index (Phi) is 5.50. The van der Waals surface area contributed by atoms with Gasteiger partial charge in [-0.15, -0.1) is 0 Å². The normalized spacial score (nSPS) is 21.9. The van der Waals surface area contributed by atoms with Crippen molar-refractivity contribution in [3.05, 3.63) is 0 Å². The zero-order valence-electron chi connectivity index (χ0n) is 11.2. The van der Waals surface area contributed by atoms with Crippen LogP contribution in [-0.4, -0.2) is 49.7 Å². The molecule has 110 valence electrons. The van der Waals surface area contributed by atoms with Crippen LogP contribution >= 0.6 is 0 Å². The smallest absolute Gasteiger partial charge is 0.409 e. The molecule has 1 fully saturated rings. The first-order valence-electron chi connectivity index (χ1n) is 6.27. The number of amides is 1. The van der Waals surface area contributed by atoms with E-state index >= 15 is 0 Å². The summed E-state index contributed by atoms with van der Waals surface area (Å²) in [5, 5.41) is 0. The second kappa shape index (κ2) is 6.68. The van der Waals surface area contributed by atoms with Crippen LogP contribution in [0, 0.1) is 5.92 Å². The molecule has 1 rings (SSSR count). The van der Waals surface area contributed by atoms with Gasteiger partial charge in [0.2, 0.25) is 0 Å². The van der Waals surface area contributed by atoms with Gasteiger partial charge in [0.15, 0.2) is 0 Å². The second-order valence-corrected chi connectivity index (χ2v) is 4.63. The summed E-state index contributed by atoms with van der Waals surface area (Å²) in [5.74, 6) is -4.83. The highest BCUT2D eigenvalue weighted by molar-refractivity contribution is 5.75. The number of hydrogen-bond donors (Lipinski definition) is 0. The molecule has 0 saturated carbocycles. The summed E-state index contributed by atoms with van der Waals surface area (Å²) in [6, 6.07) is 0. The minimum Gasteiger partial charge on any atom is -0.469 e. The summed E-state index contributed by atoms with van der Waals surface area (Å²) in [7, 11) is 1.14. The molecule has 0 aliphatic carbocycles. The number of unbranched alkanes of at least 4 members (excludes halogenated alkanes) is 1. The Morgan fingerprint density at radius 1 is 1.42 bits per heavy atom. The maximum Gasteiger partial charge on any atom is 0.409 e. The number of nitrogens with zero attached hydrogens (tertiary/aromatic N) is 1. The third-order valence-corrected chi connectivity index (χ3v) is 2.92. The molecule has 1 heterocycles. The molecule has 0 aromatic rings. The van der Waals surface area contributed by atoms with Gasteiger partial charge in [-0.2, -0.15) is 0 Å². The molecular formula is C12H19F2NO4. The van der Waals surface area contributed by atoms with Crippen LogP contribution in [0.25, 0.3) is 0 Å². The number of alkyl halides is 2. The van der Waals surface area contributed by atoms with E-state index in [0.717, 1.165) is 18.4 Å². The molecule has 1 amide bonds.